The molecule has 2 N–H and O–H groups in total. The minimum atomic E-state index is -0.710. The van der Waals surface area contributed by atoms with Crippen LogP contribution in [0.5, 0.6) is 5.75 Å². The highest BCUT2D eigenvalue weighted by Gasteiger charge is 2.19. The van der Waals surface area contributed by atoms with Crippen LogP contribution in [-0.2, 0) is 9.53 Å². The molecule has 0 bridgehead atoms. The number of aromatic amines is 1. The zero-order valence-electron chi connectivity index (χ0n) is 16.7. The van der Waals surface area contributed by atoms with Crippen LogP contribution in [0.2, 0.25) is 0 Å². The first-order valence-electron chi connectivity index (χ1n) is 9.32. The number of ketones is 1. The molecule has 0 aliphatic heterocycles. The topological polar surface area (TPSA) is 97.5 Å². The van der Waals surface area contributed by atoms with Gasteiger partial charge < -0.3 is 19.8 Å². The van der Waals surface area contributed by atoms with Crippen molar-refractivity contribution in [1.82, 2.24) is 10.3 Å². The Balaban J connectivity index is 1.68. The second kappa shape index (κ2) is 9.56. The Hall–Kier alpha value is -3.87. The number of benzene rings is 2. The summed E-state index contributed by atoms with van der Waals surface area (Å²) in [5.74, 6) is -0.625. The number of carbonyl (C=O) groups is 3. The fourth-order valence-electron chi connectivity index (χ4n) is 2.93. The van der Waals surface area contributed by atoms with Gasteiger partial charge in [-0.3, -0.25) is 9.59 Å². The molecule has 1 aromatic heterocycles. The van der Waals surface area contributed by atoms with Crippen molar-refractivity contribution >= 4 is 17.7 Å². The molecule has 30 heavy (non-hydrogen) atoms. The number of hydrogen-bond donors (Lipinski definition) is 2. The molecular weight excluding hydrogens is 384 g/mol. The van der Waals surface area contributed by atoms with Gasteiger partial charge in [0, 0.05) is 11.8 Å². The number of esters is 1. The van der Waals surface area contributed by atoms with E-state index in [1.165, 1.54) is 19.2 Å². The van der Waals surface area contributed by atoms with E-state index < -0.39 is 24.5 Å². The lowest BCUT2D eigenvalue weighted by Crippen LogP contribution is -2.33. The number of aromatic nitrogens is 1. The Labute approximate surface area is 174 Å². The molecule has 1 atom stereocenters. The van der Waals surface area contributed by atoms with E-state index in [0.29, 0.717) is 11.3 Å². The number of carbonyl (C=O) groups excluding carboxylic acids is 3. The molecule has 154 valence electrons. The molecular formula is C23H22N2O5. The highest BCUT2D eigenvalue weighted by atomic mass is 16.5. The van der Waals surface area contributed by atoms with Gasteiger partial charge in [-0.05, 0) is 36.2 Å². The van der Waals surface area contributed by atoms with E-state index in [1.54, 1.807) is 7.11 Å². The van der Waals surface area contributed by atoms with Gasteiger partial charge in [-0.25, -0.2) is 4.79 Å². The summed E-state index contributed by atoms with van der Waals surface area (Å²) in [7, 11) is 1.59. The molecule has 0 spiro atoms. The Morgan fingerprint density at radius 1 is 1.00 bits per heavy atom. The summed E-state index contributed by atoms with van der Waals surface area (Å²) in [6.45, 7) is 0.946. The molecule has 3 rings (SSSR count). The van der Waals surface area contributed by atoms with Crippen LogP contribution in [0.4, 0.5) is 0 Å². The van der Waals surface area contributed by atoms with Crippen LogP contribution >= 0.6 is 0 Å². The normalized spacial score (nSPS) is 11.4. The summed E-state index contributed by atoms with van der Waals surface area (Å²) in [6.07, 6.45) is 1.42. The number of H-pyrrole nitrogens is 1. The minimum absolute atomic E-state index is 0.114. The molecule has 0 aliphatic carbocycles. The number of nitrogens with one attached hydrogen (secondary N) is 2. The van der Waals surface area contributed by atoms with Crippen molar-refractivity contribution in [3.05, 3.63) is 89.2 Å². The van der Waals surface area contributed by atoms with Crippen LogP contribution in [0.15, 0.2) is 66.9 Å². The predicted molar refractivity (Wildman–Crippen MR) is 111 cm³/mol. The highest BCUT2D eigenvalue weighted by Crippen LogP contribution is 2.24. The van der Waals surface area contributed by atoms with Crippen molar-refractivity contribution in [2.45, 2.75) is 13.0 Å². The molecule has 0 saturated heterocycles. The van der Waals surface area contributed by atoms with Gasteiger partial charge in [0.05, 0.1) is 13.2 Å². The van der Waals surface area contributed by atoms with E-state index in [-0.39, 0.29) is 11.5 Å². The van der Waals surface area contributed by atoms with Gasteiger partial charge in [0.2, 0.25) is 0 Å². The Morgan fingerprint density at radius 2 is 1.67 bits per heavy atom. The van der Waals surface area contributed by atoms with Crippen molar-refractivity contribution in [3.8, 4) is 5.75 Å². The van der Waals surface area contributed by atoms with E-state index in [2.05, 4.69) is 10.3 Å². The van der Waals surface area contributed by atoms with Gasteiger partial charge >= 0.3 is 5.97 Å². The maximum Gasteiger partial charge on any atom is 0.355 e. The average molecular weight is 406 g/mol. The first-order chi connectivity index (χ1) is 14.5. The molecule has 0 fully saturated rings. The van der Waals surface area contributed by atoms with Crippen LogP contribution in [0.1, 0.15) is 44.9 Å². The lowest BCUT2D eigenvalue weighted by molar-refractivity contribution is -0.124. The van der Waals surface area contributed by atoms with Crippen LogP contribution in [0.25, 0.3) is 0 Å². The summed E-state index contributed by atoms with van der Waals surface area (Å²) in [5.41, 5.74) is 2.23. The van der Waals surface area contributed by atoms with E-state index in [0.717, 1.165) is 11.1 Å². The zero-order valence-corrected chi connectivity index (χ0v) is 16.7. The molecule has 0 radical (unpaired) electrons. The van der Waals surface area contributed by atoms with E-state index in [1.807, 2.05) is 54.6 Å². The number of rotatable bonds is 8. The van der Waals surface area contributed by atoms with Crippen molar-refractivity contribution in [3.63, 3.8) is 0 Å². The molecule has 2 aromatic carbocycles. The van der Waals surface area contributed by atoms with Gasteiger partial charge in [0.15, 0.2) is 12.4 Å². The second-order valence-electron chi connectivity index (χ2n) is 6.62. The van der Waals surface area contributed by atoms with Gasteiger partial charge in [-0.2, -0.15) is 0 Å². The Bertz CT molecular complexity index is 1030. The van der Waals surface area contributed by atoms with Crippen molar-refractivity contribution < 1.29 is 23.9 Å². The Kier molecular flexibility index (Phi) is 6.64. The second-order valence-corrected chi connectivity index (χ2v) is 6.62. The molecule has 0 unspecified atom stereocenters. The SMILES string of the molecule is COc1ccc([C@@H](NC(=O)COC(=O)c2cc(C(C)=O)c[nH]2)c2ccccc2)cc1. The number of methoxy groups -OCH3 is 1. The summed E-state index contributed by atoms with van der Waals surface area (Å²) in [5, 5.41) is 2.90. The standard InChI is InChI=1S/C23H22N2O5/c1-15(26)18-12-20(24-13-18)23(28)30-14-21(27)25-22(16-6-4-3-5-7-16)17-8-10-19(29-2)11-9-17/h3-13,22,24H,14H2,1-2H3,(H,25,27)/t22-/m0/s1. The van der Waals surface area contributed by atoms with Gasteiger partial charge in [0.1, 0.15) is 11.4 Å². The summed E-state index contributed by atoms with van der Waals surface area (Å²) in [4.78, 5) is 38.6. The zero-order chi connectivity index (χ0) is 21.5. The fraction of sp³-hybridized carbons (Fsp3) is 0.174. The maximum absolute atomic E-state index is 12.5. The Morgan fingerprint density at radius 3 is 2.27 bits per heavy atom. The lowest BCUT2D eigenvalue weighted by atomic mass is 9.98. The number of Topliss-reactive ketones (excluding diaryl/α,β-unsaturated/α-hetero) is 1. The first kappa shape index (κ1) is 20.9. The van der Waals surface area contributed by atoms with Crippen molar-refractivity contribution in [2.75, 3.05) is 13.7 Å². The van der Waals surface area contributed by atoms with Crippen LogP contribution < -0.4 is 10.1 Å². The third-order valence-corrected chi connectivity index (χ3v) is 4.53. The molecule has 1 heterocycles. The van der Waals surface area contributed by atoms with Crippen LogP contribution in [0, 0.1) is 0 Å². The van der Waals surface area contributed by atoms with Gasteiger partial charge in [0.25, 0.3) is 5.91 Å². The van der Waals surface area contributed by atoms with E-state index in [9.17, 15) is 14.4 Å². The minimum Gasteiger partial charge on any atom is -0.497 e. The van der Waals surface area contributed by atoms with Crippen LogP contribution in [0.3, 0.4) is 0 Å². The molecule has 3 aromatic rings. The first-order valence-corrected chi connectivity index (χ1v) is 9.32. The molecule has 7 nitrogen and oxygen atoms in total. The predicted octanol–water partition coefficient (Wildman–Crippen LogP) is 3.29. The highest BCUT2D eigenvalue weighted by molar-refractivity contribution is 5.97. The smallest absolute Gasteiger partial charge is 0.355 e. The molecule has 0 saturated carbocycles. The largest absolute Gasteiger partial charge is 0.497 e. The molecule has 7 heteroatoms. The van der Waals surface area contributed by atoms with E-state index >= 15 is 0 Å². The molecule has 1 amide bonds. The number of amides is 1. The lowest BCUT2D eigenvalue weighted by Gasteiger charge is -2.20. The summed E-state index contributed by atoms with van der Waals surface area (Å²) < 4.78 is 10.3. The van der Waals surface area contributed by atoms with Crippen molar-refractivity contribution in [1.29, 1.82) is 0 Å². The van der Waals surface area contributed by atoms with E-state index in [4.69, 9.17) is 9.47 Å². The average Bonchev–Trinajstić information content (AvgIpc) is 3.27. The van der Waals surface area contributed by atoms with Gasteiger partial charge in [-0.15, -0.1) is 0 Å². The quantitative estimate of drug-likeness (QED) is 0.442. The monoisotopic (exact) mass is 406 g/mol. The number of hydrogen-bond acceptors (Lipinski definition) is 5. The van der Waals surface area contributed by atoms with Crippen molar-refractivity contribution in [2.24, 2.45) is 0 Å². The summed E-state index contributed by atoms with van der Waals surface area (Å²) >= 11 is 0. The third-order valence-electron chi connectivity index (χ3n) is 4.53. The van der Waals surface area contributed by atoms with Gasteiger partial charge in [-0.1, -0.05) is 42.5 Å². The number of ether oxygens (including phenoxy) is 2. The summed E-state index contributed by atoms with van der Waals surface area (Å²) in [6, 6.07) is 17.8. The van der Waals surface area contributed by atoms with Crippen LogP contribution in [-0.4, -0.2) is 36.4 Å². The third kappa shape index (κ3) is 5.14. The maximum atomic E-state index is 12.5. The fourth-order valence-corrected chi connectivity index (χ4v) is 2.93. The molecule has 0 aliphatic rings.